The normalized spacial score (nSPS) is 16.1. The second-order valence-corrected chi connectivity index (χ2v) is 6.49. The Hall–Kier alpha value is -3.39. The summed E-state index contributed by atoms with van der Waals surface area (Å²) in [4.78, 5) is 15.8. The molecule has 5 heteroatoms. The van der Waals surface area contributed by atoms with Crippen molar-refractivity contribution in [2.45, 2.75) is 25.8 Å². The van der Waals surface area contributed by atoms with Crippen LogP contribution in [0.2, 0.25) is 0 Å². The fourth-order valence-electron chi connectivity index (χ4n) is 3.84. The van der Waals surface area contributed by atoms with Crippen LogP contribution in [0.25, 0.3) is 17.1 Å². The lowest BCUT2D eigenvalue weighted by molar-refractivity contribution is -0.131. The first-order valence-electron chi connectivity index (χ1n) is 8.50. The number of carboxylic acids is 1. The smallest absolute Gasteiger partial charge is 0.328 e. The summed E-state index contributed by atoms with van der Waals surface area (Å²) in [6.45, 7) is 1.91. The van der Waals surface area contributed by atoms with Crippen LogP contribution in [0.3, 0.4) is 0 Å². The van der Waals surface area contributed by atoms with Crippen molar-refractivity contribution in [3.05, 3.63) is 70.6 Å². The van der Waals surface area contributed by atoms with E-state index in [9.17, 15) is 10.1 Å². The summed E-state index contributed by atoms with van der Waals surface area (Å²) in [7, 11) is 0. The van der Waals surface area contributed by atoms with Crippen molar-refractivity contribution in [3.63, 3.8) is 0 Å². The molecule has 26 heavy (non-hydrogen) atoms. The standard InChI is InChI=1S/C21H17N3O2/c1-13-6-8-16-17(12-22)19(10-11-20(25)26)24(21(16)23-13)18-9-7-14-4-2-3-5-15(14)18/h2-6,8,10-11,18H,7,9H2,1H3,(H,25,26). The van der Waals surface area contributed by atoms with Crippen LogP contribution in [0, 0.1) is 18.3 Å². The molecule has 3 aromatic rings. The number of fused-ring (bicyclic) bond motifs is 2. The zero-order chi connectivity index (χ0) is 18.3. The molecule has 0 amide bonds. The van der Waals surface area contributed by atoms with Crippen LogP contribution in [-0.4, -0.2) is 20.6 Å². The highest BCUT2D eigenvalue weighted by Gasteiger charge is 2.29. The Morgan fingerprint density at radius 3 is 2.92 bits per heavy atom. The lowest BCUT2D eigenvalue weighted by atomic mass is 10.1. The first-order valence-corrected chi connectivity index (χ1v) is 8.50. The Kier molecular flexibility index (Phi) is 3.81. The number of rotatable bonds is 3. The van der Waals surface area contributed by atoms with Gasteiger partial charge in [0, 0.05) is 17.2 Å². The van der Waals surface area contributed by atoms with Crippen LogP contribution in [0.4, 0.5) is 0 Å². The topological polar surface area (TPSA) is 78.9 Å². The molecule has 1 aliphatic carbocycles. The van der Waals surface area contributed by atoms with Gasteiger partial charge in [-0.25, -0.2) is 9.78 Å². The fraction of sp³-hybridized carbons (Fsp3) is 0.190. The molecule has 2 aromatic heterocycles. The van der Waals surface area contributed by atoms with Gasteiger partial charge in [-0.2, -0.15) is 5.26 Å². The number of hydrogen-bond donors (Lipinski definition) is 1. The molecule has 4 rings (SSSR count). The molecule has 0 fully saturated rings. The van der Waals surface area contributed by atoms with Crippen molar-refractivity contribution in [2.75, 3.05) is 0 Å². The number of nitriles is 1. The van der Waals surface area contributed by atoms with E-state index >= 15 is 0 Å². The number of hydrogen-bond acceptors (Lipinski definition) is 3. The molecule has 0 bridgehead atoms. The van der Waals surface area contributed by atoms with Gasteiger partial charge in [0.1, 0.15) is 11.7 Å². The third kappa shape index (κ3) is 2.47. The minimum absolute atomic E-state index is 0.0403. The van der Waals surface area contributed by atoms with Gasteiger partial charge in [-0.1, -0.05) is 24.3 Å². The lowest BCUT2D eigenvalue weighted by Crippen LogP contribution is -2.10. The predicted molar refractivity (Wildman–Crippen MR) is 98.8 cm³/mol. The summed E-state index contributed by atoms with van der Waals surface area (Å²) < 4.78 is 2.03. The number of nitrogens with zero attached hydrogens (tertiary/aromatic N) is 3. The van der Waals surface area contributed by atoms with E-state index in [4.69, 9.17) is 5.11 Å². The van der Waals surface area contributed by atoms with Crippen LogP contribution in [0.5, 0.6) is 0 Å². The maximum absolute atomic E-state index is 11.1. The number of carboxylic acid groups (broad SMARTS) is 1. The molecule has 128 valence electrons. The molecule has 5 nitrogen and oxygen atoms in total. The van der Waals surface area contributed by atoms with Gasteiger partial charge in [0.2, 0.25) is 0 Å². The largest absolute Gasteiger partial charge is 0.478 e. The van der Waals surface area contributed by atoms with Gasteiger partial charge in [-0.3, -0.25) is 0 Å². The summed E-state index contributed by atoms with van der Waals surface area (Å²) in [5, 5.41) is 19.6. The van der Waals surface area contributed by atoms with Gasteiger partial charge >= 0.3 is 5.97 Å². The van der Waals surface area contributed by atoms with Crippen molar-refractivity contribution < 1.29 is 9.90 Å². The van der Waals surface area contributed by atoms with Gasteiger partial charge in [-0.05, 0) is 49.1 Å². The van der Waals surface area contributed by atoms with Crippen molar-refractivity contribution in [1.29, 1.82) is 5.26 Å². The Balaban J connectivity index is 2.04. The molecule has 1 aromatic carbocycles. The van der Waals surface area contributed by atoms with Crippen molar-refractivity contribution in [1.82, 2.24) is 9.55 Å². The van der Waals surface area contributed by atoms with Gasteiger partial charge in [0.25, 0.3) is 0 Å². The Labute approximate surface area is 150 Å². The maximum atomic E-state index is 11.1. The Bertz CT molecular complexity index is 1100. The molecule has 1 N–H and O–H groups in total. The molecule has 0 radical (unpaired) electrons. The van der Waals surface area contributed by atoms with Crippen LogP contribution < -0.4 is 0 Å². The first-order chi connectivity index (χ1) is 12.6. The van der Waals surface area contributed by atoms with Gasteiger partial charge in [0.15, 0.2) is 0 Å². The summed E-state index contributed by atoms with van der Waals surface area (Å²) in [5.41, 5.74) is 5.16. The number of aryl methyl sites for hydroxylation is 2. The number of carbonyl (C=O) groups is 1. The zero-order valence-electron chi connectivity index (χ0n) is 14.3. The zero-order valence-corrected chi connectivity index (χ0v) is 14.3. The fourth-order valence-corrected chi connectivity index (χ4v) is 3.84. The lowest BCUT2D eigenvalue weighted by Gasteiger charge is -2.18. The summed E-state index contributed by atoms with van der Waals surface area (Å²) in [6, 6.07) is 14.3. The van der Waals surface area contributed by atoms with Crippen molar-refractivity contribution >= 4 is 23.1 Å². The maximum Gasteiger partial charge on any atom is 0.328 e. The summed E-state index contributed by atoms with van der Waals surface area (Å²) >= 11 is 0. The predicted octanol–water partition coefficient (Wildman–Crippen LogP) is 3.85. The van der Waals surface area contributed by atoms with E-state index in [0.29, 0.717) is 11.3 Å². The van der Waals surface area contributed by atoms with Gasteiger partial charge in [-0.15, -0.1) is 0 Å². The average molecular weight is 343 g/mol. The number of benzene rings is 1. The monoisotopic (exact) mass is 343 g/mol. The van der Waals surface area contributed by atoms with Crippen molar-refractivity contribution in [2.24, 2.45) is 0 Å². The SMILES string of the molecule is Cc1ccc2c(C#N)c(C=CC(=O)O)n(C3CCc4ccccc43)c2n1. The van der Waals surface area contributed by atoms with E-state index < -0.39 is 5.97 Å². The molecule has 1 aliphatic rings. The average Bonchev–Trinajstić information content (AvgIpc) is 3.17. The highest BCUT2D eigenvalue weighted by atomic mass is 16.4. The minimum atomic E-state index is -1.04. The van der Waals surface area contributed by atoms with E-state index in [1.54, 1.807) is 0 Å². The quantitative estimate of drug-likeness (QED) is 0.733. The highest BCUT2D eigenvalue weighted by molar-refractivity contribution is 5.92. The van der Waals surface area contributed by atoms with E-state index in [-0.39, 0.29) is 6.04 Å². The highest BCUT2D eigenvalue weighted by Crippen LogP contribution is 2.39. The molecule has 0 saturated carbocycles. The molecule has 1 unspecified atom stereocenters. The number of aromatic nitrogens is 2. The molecule has 0 aliphatic heterocycles. The third-order valence-electron chi connectivity index (χ3n) is 4.94. The van der Waals surface area contributed by atoms with E-state index in [1.807, 2.05) is 35.8 Å². The van der Waals surface area contributed by atoms with E-state index in [2.05, 4.69) is 23.2 Å². The minimum Gasteiger partial charge on any atom is -0.478 e. The van der Waals surface area contributed by atoms with Gasteiger partial charge in [0.05, 0.1) is 17.3 Å². The Morgan fingerprint density at radius 1 is 1.35 bits per heavy atom. The molecular weight excluding hydrogens is 326 g/mol. The van der Waals surface area contributed by atoms with Crippen LogP contribution in [-0.2, 0) is 11.2 Å². The van der Waals surface area contributed by atoms with E-state index in [0.717, 1.165) is 35.6 Å². The Morgan fingerprint density at radius 2 is 2.15 bits per heavy atom. The second-order valence-electron chi connectivity index (χ2n) is 6.49. The van der Waals surface area contributed by atoms with Crippen LogP contribution in [0.1, 0.15) is 40.5 Å². The van der Waals surface area contributed by atoms with Crippen LogP contribution >= 0.6 is 0 Å². The molecule has 2 heterocycles. The molecule has 0 saturated heterocycles. The number of aliphatic carboxylic acids is 1. The molecular formula is C21H17N3O2. The molecule has 1 atom stereocenters. The second kappa shape index (κ2) is 6.16. The number of pyridine rings is 1. The van der Waals surface area contributed by atoms with Crippen LogP contribution in [0.15, 0.2) is 42.5 Å². The first kappa shape index (κ1) is 16.1. The van der Waals surface area contributed by atoms with Gasteiger partial charge < -0.3 is 9.67 Å². The summed E-state index contributed by atoms with van der Waals surface area (Å²) in [5.74, 6) is -1.04. The van der Waals surface area contributed by atoms with E-state index in [1.165, 1.54) is 17.2 Å². The third-order valence-corrected chi connectivity index (χ3v) is 4.94. The van der Waals surface area contributed by atoms with Crippen molar-refractivity contribution in [3.8, 4) is 6.07 Å². The summed E-state index contributed by atoms with van der Waals surface area (Å²) in [6.07, 6.45) is 4.45. The molecule has 0 spiro atoms.